The molecular formula is C38H40N2O7S. The molecule has 0 aliphatic heterocycles. The molecule has 250 valence electrons. The summed E-state index contributed by atoms with van der Waals surface area (Å²) in [6.45, 7) is 2.32. The Labute approximate surface area is 285 Å². The van der Waals surface area contributed by atoms with Crippen LogP contribution in [0.5, 0.6) is 11.5 Å². The SMILES string of the molecule is CCCCCCCOc1ccc(C(=O)Oc2ccc(CN(CC(=O)O)C(=O)c3ccc(NC(=O)c4ccc(SC)cc4)cc3)cc2)cc1. The first-order chi connectivity index (χ1) is 23.2. The molecule has 2 amide bonds. The summed E-state index contributed by atoms with van der Waals surface area (Å²) < 4.78 is 11.3. The molecule has 0 bridgehead atoms. The molecule has 4 aromatic carbocycles. The number of nitrogens with zero attached hydrogens (tertiary/aromatic N) is 1. The van der Waals surface area contributed by atoms with Gasteiger partial charge < -0.3 is 24.8 Å². The van der Waals surface area contributed by atoms with Crippen molar-refractivity contribution in [2.45, 2.75) is 50.5 Å². The number of anilines is 1. The Morgan fingerprint density at radius 2 is 1.33 bits per heavy atom. The highest BCUT2D eigenvalue weighted by Crippen LogP contribution is 2.20. The minimum absolute atomic E-state index is 0.0178. The van der Waals surface area contributed by atoms with Crippen molar-refractivity contribution in [1.29, 1.82) is 0 Å². The number of unbranched alkanes of at least 4 members (excludes halogenated alkanes) is 4. The fourth-order valence-electron chi connectivity index (χ4n) is 4.82. The van der Waals surface area contributed by atoms with E-state index < -0.39 is 24.4 Å². The molecule has 0 fully saturated rings. The number of carbonyl (C=O) groups excluding carboxylic acids is 3. The number of benzene rings is 4. The predicted molar refractivity (Wildman–Crippen MR) is 187 cm³/mol. The molecule has 0 unspecified atom stereocenters. The first kappa shape index (κ1) is 35.8. The van der Waals surface area contributed by atoms with Gasteiger partial charge in [-0.3, -0.25) is 14.4 Å². The molecule has 0 aromatic heterocycles. The third-order valence-corrected chi connectivity index (χ3v) is 8.21. The average molecular weight is 669 g/mol. The zero-order valence-corrected chi connectivity index (χ0v) is 28.0. The van der Waals surface area contributed by atoms with Crippen LogP contribution in [0.4, 0.5) is 5.69 Å². The van der Waals surface area contributed by atoms with Crippen LogP contribution < -0.4 is 14.8 Å². The van der Waals surface area contributed by atoms with E-state index in [1.165, 1.54) is 24.2 Å². The normalized spacial score (nSPS) is 10.6. The lowest BCUT2D eigenvalue weighted by Gasteiger charge is -2.21. The Morgan fingerprint density at radius 1 is 0.729 bits per heavy atom. The Balaban J connectivity index is 1.31. The van der Waals surface area contributed by atoms with E-state index in [0.29, 0.717) is 40.5 Å². The van der Waals surface area contributed by atoms with Gasteiger partial charge in [-0.25, -0.2) is 4.79 Å². The van der Waals surface area contributed by atoms with Gasteiger partial charge in [0, 0.05) is 28.3 Å². The minimum atomic E-state index is -1.16. The molecule has 4 aromatic rings. The maximum absolute atomic E-state index is 13.3. The average Bonchev–Trinajstić information content (AvgIpc) is 3.10. The van der Waals surface area contributed by atoms with Crippen molar-refractivity contribution >= 4 is 41.2 Å². The van der Waals surface area contributed by atoms with E-state index in [0.717, 1.165) is 17.7 Å². The highest BCUT2D eigenvalue weighted by atomic mass is 32.2. The van der Waals surface area contributed by atoms with Crippen molar-refractivity contribution in [2.75, 3.05) is 24.7 Å². The van der Waals surface area contributed by atoms with Gasteiger partial charge in [0.15, 0.2) is 0 Å². The van der Waals surface area contributed by atoms with E-state index >= 15 is 0 Å². The monoisotopic (exact) mass is 668 g/mol. The number of hydrogen-bond acceptors (Lipinski definition) is 7. The van der Waals surface area contributed by atoms with Gasteiger partial charge in [-0.05, 0) is 103 Å². The van der Waals surface area contributed by atoms with Crippen LogP contribution in [0.2, 0.25) is 0 Å². The molecule has 0 aliphatic carbocycles. The maximum Gasteiger partial charge on any atom is 0.343 e. The number of ether oxygens (including phenoxy) is 2. The van der Waals surface area contributed by atoms with E-state index in [1.807, 2.05) is 18.4 Å². The number of carboxylic acids is 1. The number of aliphatic carboxylic acids is 1. The first-order valence-electron chi connectivity index (χ1n) is 15.9. The number of carboxylic acid groups (broad SMARTS) is 1. The summed E-state index contributed by atoms with van der Waals surface area (Å²) >= 11 is 1.58. The van der Waals surface area contributed by atoms with Crippen molar-refractivity contribution in [3.8, 4) is 11.5 Å². The predicted octanol–water partition coefficient (Wildman–Crippen LogP) is 7.96. The van der Waals surface area contributed by atoms with Crippen molar-refractivity contribution in [1.82, 2.24) is 4.90 Å². The van der Waals surface area contributed by atoms with Crippen LogP contribution >= 0.6 is 11.8 Å². The van der Waals surface area contributed by atoms with Crippen molar-refractivity contribution in [3.05, 3.63) is 119 Å². The third-order valence-electron chi connectivity index (χ3n) is 7.47. The van der Waals surface area contributed by atoms with Gasteiger partial charge >= 0.3 is 11.9 Å². The topological polar surface area (TPSA) is 122 Å². The fourth-order valence-corrected chi connectivity index (χ4v) is 5.23. The molecule has 0 saturated heterocycles. The van der Waals surface area contributed by atoms with Gasteiger partial charge in [-0.2, -0.15) is 0 Å². The second-order valence-corrected chi connectivity index (χ2v) is 12.0. The van der Waals surface area contributed by atoms with Gasteiger partial charge in [-0.15, -0.1) is 11.8 Å². The summed E-state index contributed by atoms with van der Waals surface area (Å²) in [4.78, 5) is 52.5. The second-order valence-electron chi connectivity index (χ2n) is 11.1. The molecule has 0 radical (unpaired) electrons. The van der Waals surface area contributed by atoms with Crippen LogP contribution in [0.1, 0.15) is 75.7 Å². The molecule has 48 heavy (non-hydrogen) atoms. The summed E-state index contributed by atoms with van der Waals surface area (Å²) in [5, 5.41) is 12.3. The molecule has 9 nitrogen and oxygen atoms in total. The van der Waals surface area contributed by atoms with Gasteiger partial charge in [0.2, 0.25) is 0 Å². The summed E-state index contributed by atoms with van der Waals surface area (Å²) in [5.74, 6) is -1.44. The molecule has 0 aliphatic rings. The van der Waals surface area contributed by atoms with E-state index in [9.17, 15) is 24.3 Å². The molecule has 0 spiro atoms. The molecule has 10 heteroatoms. The summed E-state index contributed by atoms with van der Waals surface area (Å²) in [6.07, 6.45) is 7.72. The lowest BCUT2D eigenvalue weighted by atomic mass is 10.1. The second kappa shape index (κ2) is 18.3. The Bertz CT molecular complexity index is 1660. The Hall–Kier alpha value is -5.09. The van der Waals surface area contributed by atoms with Crippen LogP contribution in [0.15, 0.2) is 102 Å². The van der Waals surface area contributed by atoms with Crippen LogP contribution in [-0.2, 0) is 11.3 Å². The van der Waals surface area contributed by atoms with E-state index in [-0.39, 0.29) is 18.0 Å². The van der Waals surface area contributed by atoms with Gasteiger partial charge in [0.1, 0.15) is 18.0 Å². The number of amides is 2. The standard InChI is InChI=1S/C38H40N2O7S/c1-3-4-5-6-7-24-46-32-20-12-30(13-21-32)38(45)47-33-18-8-27(9-19-33)25-40(26-35(41)42)37(44)29-10-16-31(17-11-29)39-36(43)28-14-22-34(48-2)23-15-28/h8-23H,3-7,24-26H2,1-2H3,(H,39,43)(H,41,42). The lowest BCUT2D eigenvalue weighted by molar-refractivity contribution is -0.137. The molecule has 0 atom stereocenters. The molecular weight excluding hydrogens is 628 g/mol. The Morgan fingerprint density at radius 3 is 1.96 bits per heavy atom. The number of thioether (sulfide) groups is 1. The smallest absolute Gasteiger partial charge is 0.343 e. The van der Waals surface area contributed by atoms with E-state index in [2.05, 4.69) is 12.2 Å². The van der Waals surface area contributed by atoms with Crippen molar-refractivity contribution in [2.24, 2.45) is 0 Å². The Kier molecular flexibility index (Phi) is 13.6. The van der Waals surface area contributed by atoms with Crippen LogP contribution in [0, 0.1) is 0 Å². The number of rotatable bonds is 17. The van der Waals surface area contributed by atoms with Crippen molar-refractivity contribution < 1.29 is 33.8 Å². The zero-order valence-electron chi connectivity index (χ0n) is 27.1. The highest BCUT2D eigenvalue weighted by molar-refractivity contribution is 7.98. The van der Waals surface area contributed by atoms with Crippen LogP contribution in [-0.4, -0.2) is 53.2 Å². The van der Waals surface area contributed by atoms with Crippen LogP contribution in [0.3, 0.4) is 0 Å². The fraction of sp³-hybridized carbons (Fsp3) is 0.263. The quantitative estimate of drug-likeness (QED) is 0.0503. The summed E-state index contributed by atoms with van der Waals surface area (Å²) in [5.41, 5.74) is 2.30. The number of esters is 1. The first-order valence-corrected chi connectivity index (χ1v) is 17.1. The number of hydrogen-bond donors (Lipinski definition) is 2. The summed E-state index contributed by atoms with van der Waals surface area (Å²) in [7, 11) is 0. The van der Waals surface area contributed by atoms with Crippen LogP contribution in [0.25, 0.3) is 0 Å². The number of carbonyl (C=O) groups is 4. The largest absolute Gasteiger partial charge is 0.494 e. The molecule has 2 N–H and O–H groups in total. The highest BCUT2D eigenvalue weighted by Gasteiger charge is 2.20. The molecule has 4 rings (SSSR count). The van der Waals surface area contributed by atoms with Gasteiger partial charge in [0.25, 0.3) is 11.8 Å². The molecule has 0 heterocycles. The maximum atomic E-state index is 13.3. The van der Waals surface area contributed by atoms with Crippen molar-refractivity contribution in [3.63, 3.8) is 0 Å². The molecule has 0 saturated carbocycles. The number of nitrogens with one attached hydrogen (secondary N) is 1. The third kappa shape index (κ3) is 11.0. The van der Waals surface area contributed by atoms with E-state index in [1.54, 1.807) is 96.7 Å². The van der Waals surface area contributed by atoms with Gasteiger partial charge in [-0.1, -0.05) is 44.7 Å². The minimum Gasteiger partial charge on any atom is -0.494 e. The summed E-state index contributed by atoms with van der Waals surface area (Å²) in [6, 6.07) is 26.8. The lowest BCUT2D eigenvalue weighted by Crippen LogP contribution is -2.35. The van der Waals surface area contributed by atoms with Gasteiger partial charge in [0.05, 0.1) is 12.2 Å². The zero-order chi connectivity index (χ0) is 34.3. The van der Waals surface area contributed by atoms with E-state index in [4.69, 9.17) is 9.47 Å².